The molecule has 0 aliphatic heterocycles. The Morgan fingerprint density at radius 3 is 2.48 bits per heavy atom. The van der Waals surface area contributed by atoms with Gasteiger partial charge in [-0.2, -0.15) is 0 Å². The number of nitrogens with two attached hydrogens (primary N) is 1. The molecule has 0 spiro atoms. The monoisotopic (exact) mass is 315 g/mol. The highest BCUT2D eigenvalue weighted by Crippen LogP contribution is 2.17. The van der Waals surface area contributed by atoms with E-state index in [1.165, 1.54) is 0 Å². The number of nitrogens with zero attached hydrogens (tertiary/aromatic N) is 1. The zero-order chi connectivity index (χ0) is 15.9. The molecule has 1 aromatic rings. The maximum Gasteiger partial charge on any atom is 0.240 e. The van der Waals surface area contributed by atoms with Crippen molar-refractivity contribution in [3.63, 3.8) is 0 Å². The van der Waals surface area contributed by atoms with Crippen molar-refractivity contribution >= 4 is 15.7 Å². The number of rotatable bonds is 9. The van der Waals surface area contributed by atoms with Crippen LogP contribution in [0, 0.1) is 0 Å². The van der Waals surface area contributed by atoms with Crippen LogP contribution >= 0.6 is 0 Å². The summed E-state index contributed by atoms with van der Waals surface area (Å²) < 4.78 is 31.5. The molecule has 120 valence electrons. The zero-order valence-corrected chi connectivity index (χ0v) is 13.7. The minimum Gasteiger partial charge on any atom is -0.383 e. The van der Waals surface area contributed by atoms with E-state index >= 15 is 0 Å². The number of hydrogen-bond donors (Lipinski definition) is 2. The standard InChI is InChI=1S/C14H25N3O3S/c1-4-9-16-21(18,19)14-7-5-13(6-8-14)17(2)10-12(15)11-20-3/h5-8,12,16H,4,9-11,15H2,1-3H3. The number of nitrogens with one attached hydrogen (secondary N) is 1. The van der Waals surface area contributed by atoms with Crippen molar-refractivity contribution in [2.45, 2.75) is 24.3 Å². The first-order chi connectivity index (χ1) is 9.90. The van der Waals surface area contributed by atoms with Gasteiger partial charge in [0.05, 0.1) is 11.5 Å². The van der Waals surface area contributed by atoms with Gasteiger partial charge in [0, 0.05) is 39.0 Å². The average Bonchev–Trinajstić information content (AvgIpc) is 2.45. The maximum absolute atomic E-state index is 12.0. The largest absolute Gasteiger partial charge is 0.383 e. The highest BCUT2D eigenvalue weighted by atomic mass is 32.2. The summed E-state index contributed by atoms with van der Waals surface area (Å²) in [6.45, 7) is 3.48. The Bertz CT molecular complexity index is 517. The van der Waals surface area contributed by atoms with E-state index in [9.17, 15) is 8.42 Å². The van der Waals surface area contributed by atoms with Gasteiger partial charge in [0.1, 0.15) is 0 Å². The van der Waals surface area contributed by atoms with Crippen LogP contribution in [0.25, 0.3) is 0 Å². The summed E-state index contributed by atoms with van der Waals surface area (Å²) >= 11 is 0. The molecule has 3 N–H and O–H groups in total. The molecule has 0 heterocycles. The van der Waals surface area contributed by atoms with E-state index in [1.54, 1.807) is 31.4 Å². The van der Waals surface area contributed by atoms with Crippen molar-refractivity contribution in [3.8, 4) is 0 Å². The number of ether oxygens (including phenoxy) is 1. The van der Waals surface area contributed by atoms with Crippen LogP contribution in [0.2, 0.25) is 0 Å². The van der Waals surface area contributed by atoms with Crippen LogP contribution in [-0.2, 0) is 14.8 Å². The first-order valence-corrected chi connectivity index (χ1v) is 8.44. The van der Waals surface area contributed by atoms with Crippen molar-refractivity contribution in [2.75, 3.05) is 38.8 Å². The lowest BCUT2D eigenvalue weighted by Gasteiger charge is -2.23. The first-order valence-electron chi connectivity index (χ1n) is 6.96. The Morgan fingerprint density at radius 2 is 1.95 bits per heavy atom. The predicted molar refractivity (Wildman–Crippen MR) is 85.0 cm³/mol. The third kappa shape index (κ3) is 5.62. The normalized spacial score (nSPS) is 13.1. The molecule has 0 saturated carbocycles. The summed E-state index contributed by atoms with van der Waals surface area (Å²) in [5.41, 5.74) is 6.82. The molecule has 21 heavy (non-hydrogen) atoms. The molecular formula is C14H25N3O3S. The molecule has 0 aromatic heterocycles. The minimum absolute atomic E-state index is 0.0883. The molecule has 7 heteroatoms. The van der Waals surface area contributed by atoms with E-state index in [2.05, 4.69) is 4.72 Å². The summed E-state index contributed by atoms with van der Waals surface area (Å²) in [6, 6.07) is 6.67. The van der Waals surface area contributed by atoms with Crippen molar-refractivity contribution in [3.05, 3.63) is 24.3 Å². The van der Waals surface area contributed by atoms with E-state index < -0.39 is 10.0 Å². The molecule has 0 bridgehead atoms. The number of likely N-dealkylation sites (N-methyl/N-ethyl adjacent to an activating group) is 1. The minimum atomic E-state index is -3.41. The van der Waals surface area contributed by atoms with Gasteiger partial charge < -0.3 is 15.4 Å². The summed E-state index contributed by atoms with van der Waals surface area (Å²) in [4.78, 5) is 2.24. The second-order valence-electron chi connectivity index (χ2n) is 4.99. The second kappa shape index (κ2) is 8.33. The molecule has 1 atom stereocenters. The fourth-order valence-electron chi connectivity index (χ4n) is 1.92. The van der Waals surface area contributed by atoms with E-state index in [1.807, 2.05) is 18.9 Å². The van der Waals surface area contributed by atoms with Gasteiger partial charge in [0.25, 0.3) is 0 Å². The summed E-state index contributed by atoms with van der Waals surface area (Å²) in [5, 5.41) is 0. The van der Waals surface area contributed by atoms with Gasteiger partial charge in [-0.1, -0.05) is 6.92 Å². The van der Waals surface area contributed by atoms with Crippen LogP contribution in [0.5, 0.6) is 0 Å². The Morgan fingerprint density at radius 1 is 1.33 bits per heavy atom. The van der Waals surface area contributed by atoms with Gasteiger partial charge in [-0.3, -0.25) is 0 Å². The van der Waals surface area contributed by atoms with E-state index in [-0.39, 0.29) is 10.9 Å². The summed E-state index contributed by atoms with van der Waals surface area (Å²) in [6.07, 6.45) is 0.761. The van der Waals surface area contributed by atoms with Crippen LogP contribution in [0.4, 0.5) is 5.69 Å². The zero-order valence-electron chi connectivity index (χ0n) is 12.9. The molecule has 0 aliphatic carbocycles. The highest BCUT2D eigenvalue weighted by molar-refractivity contribution is 7.89. The Balaban J connectivity index is 2.73. The van der Waals surface area contributed by atoms with Crippen molar-refractivity contribution in [1.82, 2.24) is 4.72 Å². The number of sulfonamides is 1. The Kier molecular flexibility index (Phi) is 7.10. The molecular weight excluding hydrogens is 290 g/mol. The van der Waals surface area contributed by atoms with Crippen LogP contribution in [0.3, 0.4) is 0 Å². The lowest BCUT2D eigenvalue weighted by atomic mass is 10.2. The molecule has 6 nitrogen and oxygen atoms in total. The smallest absolute Gasteiger partial charge is 0.240 e. The van der Waals surface area contributed by atoms with Crippen molar-refractivity contribution < 1.29 is 13.2 Å². The van der Waals surface area contributed by atoms with Gasteiger partial charge in [-0.15, -0.1) is 0 Å². The van der Waals surface area contributed by atoms with Gasteiger partial charge >= 0.3 is 0 Å². The molecule has 0 aliphatic rings. The highest BCUT2D eigenvalue weighted by Gasteiger charge is 2.13. The van der Waals surface area contributed by atoms with Gasteiger partial charge in [0.15, 0.2) is 0 Å². The lowest BCUT2D eigenvalue weighted by molar-refractivity contribution is 0.181. The van der Waals surface area contributed by atoms with E-state index in [0.717, 1.165) is 12.1 Å². The topological polar surface area (TPSA) is 84.7 Å². The molecule has 1 rings (SSSR count). The van der Waals surface area contributed by atoms with E-state index in [0.29, 0.717) is 19.7 Å². The van der Waals surface area contributed by atoms with Gasteiger partial charge in [-0.05, 0) is 30.7 Å². The van der Waals surface area contributed by atoms with Gasteiger partial charge in [-0.25, -0.2) is 13.1 Å². The third-order valence-electron chi connectivity index (χ3n) is 3.02. The van der Waals surface area contributed by atoms with Crippen LogP contribution in [0.1, 0.15) is 13.3 Å². The van der Waals surface area contributed by atoms with Crippen molar-refractivity contribution in [1.29, 1.82) is 0 Å². The van der Waals surface area contributed by atoms with Crippen LogP contribution < -0.4 is 15.4 Å². The first kappa shape index (κ1) is 17.9. The van der Waals surface area contributed by atoms with E-state index in [4.69, 9.17) is 10.5 Å². The number of anilines is 1. The Labute approximate surface area is 127 Å². The fourth-order valence-corrected chi connectivity index (χ4v) is 3.06. The third-order valence-corrected chi connectivity index (χ3v) is 4.50. The fraction of sp³-hybridized carbons (Fsp3) is 0.571. The lowest BCUT2D eigenvalue weighted by Crippen LogP contribution is -2.38. The molecule has 0 amide bonds. The predicted octanol–water partition coefficient (Wildman–Crippen LogP) is 0.785. The number of hydrogen-bond acceptors (Lipinski definition) is 5. The summed E-state index contributed by atoms with van der Waals surface area (Å²) in [5.74, 6) is 0. The van der Waals surface area contributed by atoms with Gasteiger partial charge in [0.2, 0.25) is 10.0 Å². The average molecular weight is 315 g/mol. The number of methoxy groups -OCH3 is 1. The molecule has 0 fully saturated rings. The molecule has 1 aromatic carbocycles. The molecule has 0 saturated heterocycles. The SMILES string of the molecule is CCCNS(=O)(=O)c1ccc(N(C)CC(N)COC)cc1. The summed E-state index contributed by atoms with van der Waals surface area (Å²) in [7, 11) is 0.115. The second-order valence-corrected chi connectivity index (χ2v) is 6.75. The van der Waals surface area contributed by atoms with Crippen molar-refractivity contribution in [2.24, 2.45) is 5.73 Å². The van der Waals surface area contributed by atoms with Crippen LogP contribution in [0.15, 0.2) is 29.2 Å². The number of benzene rings is 1. The molecule has 1 unspecified atom stereocenters. The quantitative estimate of drug-likeness (QED) is 0.703. The Hall–Kier alpha value is -1.15. The maximum atomic E-state index is 12.0. The van der Waals surface area contributed by atoms with Crippen LogP contribution in [-0.4, -0.2) is 48.3 Å². The molecule has 0 radical (unpaired) electrons.